The van der Waals surface area contributed by atoms with Crippen molar-refractivity contribution in [2.24, 2.45) is 0 Å². The van der Waals surface area contributed by atoms with Gasteiger partial charge in [0.05, 0.1) is 25.2 Å². The maximum atomic E-state index is 13.0. The second kappa shape index (κ2) is 39.0. The van der Waals surface area contributed by atoms with E-state index in [0.29, 0.717) is 19.3 Å². The number of hydrogen-bond donors (Lipinski definition) is 3. The van der Waals surface area contributed by atoms with Crippen molar-refractivity contribution in [3.63, 3.8) is 0 Å². The minimum Gasteiger partial charge on any atom is -0.462 e. The van der Waals surface area contributed by atoms with Crippen LogP contribution in [0.3, 0.4) is 0 Å². The SMILES string of the molecule is CC/C=C/C/C=C/C/C=C/CCCCCCC(=O)OC(CCCCC/C=C\CCC)CC(=O)NC(CO)C(O)CCCCCCCCCCCC. The molecule has 0 rings (SSSR count). The molecule has 296 valence electrons. The third kappa shape index (κ3) is 34.7. The Balaban J connectivity index is 4.57. The molecule has 0 heterocycles. The summed E-state index contributed by atoms with van der Waals surface area (Å²) in [5.74, 6) is -0.524. The summed E-state index contributed by atoms with van der Waals surface area (Å²) in [7, 11) is 0. The molecule has 0 aliphatic carbocycles. The van der Waals surface area contributed by atoms with E-state index in [2.05, 4.69) is 74.7 Å². The van der Waals surface area contributed by atoms with E-state index in [1.807, 2.05) is 0 Å². The second-order valence-corrected chi connectivity index (χ2v) is 14.4. The van der Waals surface area contributed by atoms with Crippen molar-refractivity contribution in [1.82, 2.24) is 5.32 Å². The van der Waals surface area contributed by atoms with Crippen LogP contribution in [-0.4, -0.2) is 46.9 Å². The number of unbranched alkanes of at least 4 members (excludes halogenated alkanes) is 17. The van der Waals surface area contributed by atoms with Gasteiger partial charge < -0.3 is 20.3 Å². The second-order valence-electron chi connectivity index (χ2n) is 14.4. The number of aliphatic hydroxyl groups is 2. The number of allylic oxidation sites excluding steroid dienone is 8. The first-order valence-electron chi connectivity index (χ1n) is 21.4. The van der Waals surface area contributed by atoms with E-state index in [1.54, 1.807) is 0 Å². The zero-order chi connectivity index (χ0) is 37.5. The van der Waals surface area contributed by atoms with Crippen LogP contribution in [0.4, 0.5) is 0 Å². The first-order chi connectivity index (χ1) is 25.0. The molecule has 3 atom stereocenters. The van der Waals surface area contributed by atoms with Gasteiger partial charge in [-0.05, 0) is 77.0 Å². The van der Waals surface area contributed by atoms with Crippen LogP contribution in [-0.2, 0) is 14.3 Å². The minimum atomic E-state index is -0.792. The third-order valence-electron chi connectivity index (χ3n) is 9.37. The molecule has 0 radical (unpaired) electrons. The molecule has 0 fully saturated rings. The van der Waals surface area contributed by atoms with E-state index in [0.717, 1.165) is 109 Å². The predicted octanol–water partition coefficient (Wildman–Crippen LogP) is 11.9. The highest BCUT2D eigenvalue weighted by atomic mass is 16.5. The molecule has 3 unspecified atom stereocenters. The molecule has 6 nitrogen and oxygen atoms in total. The standard InChI is InChI=1S/C45H81NO5/c1-4-7-10-13-16-19-21-22-23-24-26-29-32-35-38-45(50)51-41(36-33-30-27-18-15-12-9-6-3)39-44(49)46-42(40-47)43(48)37-34-31-28-25-20-17-14-11-8-5-2/h7,10,12,15-16,19,22-23,41-43,47-48H,4-6,8-9,11,13-14,17-18,20-21,24-40H2,1-3H3,(H,46,49)/b10-7+,15-12-,19-16+,23-22+. The first kappa shape index (κ1) is 48.8. The molecule has 0 aromatic carbocycles. The molecule has 6 heteroatoms. The van der Waals surface area contributed by atoms with Crippen LogP contribution >= 0.6 is 0 Å². The summed E-state index contributed by atoms with van der Waals surface area (Å²) in [6.07, 6.45) is 44.6. The normalized spacial score (nSPS) is 13.9. The number of nitrogens with one attached hydrogen (secondary N) is 1. The number of carbonyl (C=O) groups is 2. The van der Waals surface area contributed by atoms with E-state index in [4.69, 9.17) is 4.74 Å². The fraction of sp³-hybridized carbons (Fsp3) is 0.778. The summed E-state index contributed by atoms with van der Waals surface area (Å²) >= 11 is 0. The highest BCUT2D eigenvalue weighted by molar-refractivity contribution is 5.77. The topological polar surface area (TPSA) is 95.9 Å². The lowest BCUT2D eigenvalue weighted by Gasteiger charge is -2.24. The van der Waals surface area contributed by atoms with Crippen molar-refractivity contribution >= 4 is 11.9 Å². The summed E-state index contributed by atoms with van der Waals surface area (Å²) in [6.45, 7) is 6.25. The Kier molecular flexibility index (Phi) is 37.4. The fourth-order valence-electron chi connectivity index (χ4n) is 6.15. The number of ether oxygens (including phenoxy) is 1. The zero-order valence-electron chi connectivity index (χ0n) is 33.5. The molecule has 0 aromatic rings. The lowest BCUT2D eigenvalue weighted by molar-refractivity contribution is -0.151. The van der Waals surface area contributed by atoms with Gasteiger partial charge in [-0.3, -0.25) is 9.59 Å². The van der Waals surface area contributed by atoms with Gasteiger partial charge in [0.2, 0.25) is 5.91 Å². The van der Waals surface area contributed by atoms with Crippen LogP contribution in [0.5, 0.6) is 0 Å². The molecular formula is C45H81NO5. The van der Waals surface area contributed by atoms with Crippen LogP contribution in [0.25, 0.3) is 0 Å². The highest BCUT2D eigenvalue weighted by Crippen LogP contribution is 2.16. The Labute approximate surface area is 315 Å². The molecular weight excluding hydrogens is 634 g/mol. The quantitative estimate of drug-likeness (QED) is 0.0338. The molecule has 0 saturated heterocycles. The number of amides is 1. The summed E-state index contributed by atoms with van der Waals surface area (Å²) in [4.78, 5) is 25.8. The van der Waals surface area contributed by atoms with Crippen molar-refractivity contribution in [2.75, 3.05) is 6.61 Å². The third-order valence-corrected chi connectivity index (χ3v) is 9.37. The molecule has 0 aliphatic rings. The Morgan fingerprint density at radius 3 is 1.73 bits per heavy atom. The Morgan fingerprint density at radius 1 is 0.588 bits per heavy atom. The molecule has 0 spiro atoms. The van der Waals surface area contributed by atoms with Gasteiger partial charge in [0.25, 0.3) is 0 Å². The van der Waals surface area contributed by atoms with Gasteiger partial charge in [0, 0.05) is 6.42 Å². The minimum absolute atomic E-state index is 0.0561. The monoisotopic (exact) mass is 716 g/mol. The molecule has 1 amide bonds. The van der Waals surface area contributed by atoms with Crippen molar-refractivity contribution in [2.45, 2.75) is 219 Å². The van der Waals surface area contributed by atoms with Gasteiger partial charge in [-0.2, -0.15) is 0 Å². The number of aliphatic hydroxyl groups excluding tert-OH is 2. The van der Waals surface area contributed by atoms with Gasteiger partial charge in [-0.25, -0.2) is 0 Å². The predicted molar refractivity (Wildman–Crippen MR) is 218 cm³/mol. The fourth-order valence-corrected chi connectivity index (χ4v) is 6.15. The molecule has 0 aliphatic heterocycles. The van der Waals surface area contributed by atoms with Crippen molar-refractivity contribution in [3.8, 4) is 0 Å². The van der Waals surface area contributed by atoms with E-state index in [-0.39, 0.29) is 24.9 Å². The average Bonchev–Trinajstić information content (AvgIpc) is 3.12. The maximum absolute atomic E-state index is 13.0. The van der Waals surface area contributed by atoms with Crippen LogP contribution < -0.4 is 5.32 Å². The number of hydrogen-bond acceptors (Lipinski definition) is 5. The van der Waals surface area contributed by atoms with Crippen molar-refractivity contribution in [1.29, 1.82) is 0 Å². The summed E-state index contributed by atoms with van der Waals surface area (Å²) < 4.78 is 5.85. The van der Waals surface area contributed by atoms with E-state index in [1.165, 1.54) is 44.9 Å². The summed E-state index contributed by atoms with van der Waals surface area (Å²) in [6, 6.07) is -0.707. The summed E-state index contributed by atoms with van der Waals surface area (Å²) in [5.41, 5.74) is 0. The molecule has 0 bridgehead atoms. The Morgan fingerprint density at radius 2 is 1.10 bits per heavy atom. The molecule has 0 saturated carbocycles. The van der Waals surface area contributed by atoms with Crippen LogP contribution in [0.2, 0.25) is 0 Å². The van der Waals surface area contributed by atoms with Crippen LogP contribution in [0.15, 0.2) is 48.6 Å². The average molecular weight is 716 g/mol. The zero-order valence-corrected chi connectivity index (χ0v) is 33.5. The largest absolute Gasteiger partial charge is 0.462 e. The van der Waals surface area contributed by atoms with Crippen molar-refractivity contribution < 1.29 is 24.5 Å². The maximum Gasteiger partial charge on any atom is 0.306 e. The van der Waals surface area contributed by atoms with Crippen LogP contribution in [0.1, 0.15) is 201 Å². The summed E-state index contributed by atoms with van der Waals surface area (Å²) in [5, 5.41) is 23.5. The van der Waals surface area contributed by atoms with Gasteiger partial charge >= 0.3 is 5.97 Å². The molecule has 3 N–H and O–H groups in total. The van der Waals surface area contributed by atoms with Gasteiger partial charge in [0.15, 0.2) is 0 Å². The first-order valence-corrected chi connectivity index (χ1v) is 21.4. The lowest BCUT2D eigenvalue weighted by Crippen LogP contribution is -2.46. The van der Waals surface area contributed by atoms with E-state index in [9.17, 15) is 19.8 Å². The molecule has 51 heavy (non-hydrogen) atoms. The number of esters is 1. The van der Waals surface area contributed by atoms with E-state index >= 15 is 0 Å². The molecule has 0 aromatic heterocycles. The number of rotatable bonds is 37. The smallest absolute Gasteiger partial charge is 0.306 e. The Bertz CT molecular complexity index is 895. The van der Waals surface area contributed by atoms with Crippen LogP contribution in [0, 0.1) is 0 Å². The van der Waals surface area contributed by atoms with Crippen molar-refractivity contribution in [3.05, 3.63) is 48.6 Å². The number of carbonyl (C=O) groups excluding carboxylic acids is 2. The van der Waals surface area contributed by atoms with Gasteiger partial charge in [0.1, 0.15) is 6.10 Å². The Hall–Kier alpha value is -2.18. The van der Waals surface area contributed by atoms with E-state index < -0.39 is 18.2 Å². The van der Waals surface area contributed by atoms with Gasteiger partial charge in [-0.15, -0.1) is 0 Å². The highest BCUT2D eigenvalue weighted by Gasteiger charge is 2.24. The lowest BCUT2D eigenvalue weighted by atomic mass is 10.0. The van der Waals surface area contributed by atoms with Gasteiger partial charge in [-0.1, -0.05) is 159 Å².